The molecular weight excluding hydrogens is 1160 g/mol. The third-order valence-electron chi connectivity index (χ3n) is 13.5. The average Bonchev–Trinajstić information content (AvgIpc) is 4.11. The van der Waals surface area contributed by atoms with Gasteiger partial charge in [-0.2, -0.15) is 0 Å². The minimum Gasteiger partial charge on any atom is -0.481 e. The number of carbonyl (C=O) groups excluding carboxylic acids is 12. The van der Waals surface area contributed by atoms with Gasteiger partial charge in [-0.1, -0.05) is 59.7 Å². The molecule has 0 saturated carbocycles. The second kappa shape index (κ2) is 35.8. The van der Waals surface area contributed by atoms with Crippen molar-refractivity contribution in [2.24, 2.45) is 29.2 Å². The molecule has 12 amide bonds. The summed E-state index contributed by atoms with van der Waals surface area (Å²) in [5.41, 5.74) is 12.1. The Balaban J connectivity index is 2.32. The molecule has 0 radical (unpaired) electrons. The van der Waals surface area contributed by atoms with Gasteiger partial charge in [-0.3, -0.25) is 62.3 Å². The monoisotopic (exact) mass is 1240 g/mol. The van der Waals surface area contributed by atoms with Crippen LogP contribution in [0.3, 0.4) is 0 Å². The molecule has 13 atom stereocenters. The number of nitrogens with two attached hydrogens (primary N) is 2. The van der Waals surface area contributed by atoms with Crippen LogP contribution < -0.4 is 70.0 Å². The van der Waals surface area contributed by atoms with Crippen molar-refractivity contribution in [3.05, 3.63) is 36.0 Å². The van der Waals surface area contributed by atoms with E-state index < -0.39 is 193 Å². The van der Waals surface area contributed by atoms with Gasteiger partial charge in [0.15, 0.2) is 0 Å². The molecule has 32 nitrogen and oxygen atoms in total. The highest BCUT2D eigenvalue weighted by Gasteiger charge is 2.38. The fraction of sp³-hybridized carbons (Fsp3) is 0.607. The second-order valence-corrected chi connectivity index (χ2v) is 22.7. The minimum absolute atomic E-state index is 0.0122. The van der Waals surface area contributed by atoms with Gasteiger partial charge in [0.25, 0.3) is 0 Å². The van der Waals surface area contributed by atoms with Gasteiger partial charge < -0.3 is 95.4 Å². The molecule has 0 fully saturated rings. The lowest BCUT2D eigenvalue weighted by Gasteiger charge is -2.29. The second-order valence-electron chi connectivity index (χ2n) is 22.7. The third-order valence-corrected chi connectivity index (χ3v) is 13.5. The third kappa shape index (κ3) is 24.9. The molecule has 490 valence electrons. The first-order valence-corrected chi connectivity index (χ1v) is 28.6. The highest BCUT2D eigenvalue weighted by Crippen LogP contribution is 2.20. The number of aromatic amines is 1. The Hall–Kier alpha value is -8.78. The van der Waals surface area contributed by atoms with Gasteiger partial charge >= 0.3 is 11.9 Å². The van der Waals surface area contributed by atoms with E-state index in [1.807, 2.05) is 0 Å². The molecule has 32 heteroatoms. The van der Waals surface area contributed by atoms with Gasteiger partial charge in [-0.05, 0) is 83.3 Å². The van der Waals surface area contributed by atoms with Gasteiger partial charge in [0, 0.05) is 29.9 Å². The molecule has 1 heterocycles. The lowest BCUT2D eigenvalue weighted by atomic mass is 10.0. The Labute approximate surface area is 508 Å². The van der Waals surface area contributed by atoms with Gasteiger partial charge in [-0.15, -0.1) is 0 Å². The molecule has 88 heavy (non-hydrogen) atoms. The number of primary amides is 1. The van der Waals surface area contributed by atoms with Crippen molar-refractivity contribution in [3.63, 3.8) is 0 Å². The normalized spacial score (nSPS) is 15.7. The molecule has 0 aliphatic carbocycles. The number of para-hydroxylation sites is 1. The number of aliphatic hydroxyl groups is 2. The van der Waals surface area contributed by atoms with Crippen LogP contribution in [0.4, 0.5) is 0 Å². The summed E-state index contributed by atoms with van der Waals surface area (Å²) in [5.74, 6) is -15.9. The first kappa shape index (κ1) is 75.3. The van der Waals surface area contributed by atoms with Crippen LogP contribution in [0.5, 0.6) is 0 Å². The Bertz CT molecular complexity index is 2820. The number of H-pyrrole nitrogens is 1. The summed E-state index contributed by atoms with van der Waals surface area (Å²) in [7, 11) is 0. The molecule has 2 rings (SSSR count). The van der Waals surface area contributed by atoms with Crippen molar-refractivity contribution in [1.29, 1.82) is 0 Å². The number of aliphatic carboxylic acids is 2. The number of rotatable bonds is 37. The number of nitrogens with one attached hydrogen (secondary N) is 12. The topological polar surface area (TPSA) is 520 Å². The highest BCUT2D eigenvalue weighted by molar-refractivity contribution is 6.00. The van der Waals surface area contributed by atoms with Crippen LogP contribution in [0.2, 0.25) is 0 Å². The predicted octanol–water partition coefficient (Wildman–Crippen LogP) is -4.60. The molecule has 0 saturated heterocycles. The van der Waals surface area contributed by atoms with E-state index >= 15 is 0 Å². The summed E-state index contributed by atoms with van der Waals surface area (Å²) in [4.78, 5) is 187. The summed E-state index contributed by atoms with van der Waals surface area (Å²) < 4.78 is 0. The lowest BCUT2D eigenvalue weighted by Crippen LogP contribution is -2.62. The zero-order chi connectivity index (χ0) is 67.0. The van der Waals surface area contributed by atoms with E-state index in [1.54, 1.807) is 58.2 Å². The predicted molar refractivity (Wildman–Crippen MR) is 315 cm³/mol. The number of benzene rings is 1. The number of fused-ring (bicyclic) bond motifs is 1. The van der Waals surface area contributed by atoms with E-state index in [9.17, 15) is 87.5 Å². The molecule has 0 bridgehead atoms. The standard InChI is InChI=1S/C56H88N14O18/c1-24(2)18-36(64-46(77)28(8)61-50(81)37(20-32-23-59-34-15-13-12-14-33(32)34)66-55(86)45(31(11)72)69-47(78)27(7)60-41(74)22-57)51(82)65-38(21-40(58)73)52(83)68-43(26(5)6)53(84)62-29(9)48(79)70-44(30(10)71)54(85)63-35(16-17-42(75)76)49(80)67-39(56(87)88)19-25(3)4/h12-15,23-31,35-39,43-45,59,71-72H,16-22,57H2,1-11H3,(H2,58,73)(H,60,74)(H,61,81)(H,62,84)(H,63,85)(H,64,77)(H,65,82)(H,66,86)(H,67,80)(H,68,83)(H,69,78)(H,70,79)(H,75,76)(H,87,88)/t27-,28-,29-,30+,31+,35-,36-,37-,38-,39-,43-,44-,45-/m1/s1. The first-order chi connectivity index (χ1) is 41.0. The van der Waals surface area contributed by atoms with Crippen LogP contribution in [-0.2, 0) is 73.5 Å². The van der Waals surface area contributed by atoms with E-state index in [0.29, 0.717) is 16.5 Å². The zero-order valence-corrected chi connectivity index (χ0v) is 51.2. The highest BCUT2D eigenvalue weighted by atomic mass is 16.4. The van der Waals surface area contributed by atoms with Gasteiger partial charge in [0.05, 0.1) is 25.2 Å². The number of hydrogen-bond donors (Lipinski definition) is 18. The number of carboxylic acids is 2. The maximum absolute atomic E-state index is 14.2. The summed E-state index contributed by atoms with van der Waals surface area (Å²) in [6, 6.07) is -9.85. The number of carbonyl (C=O) groups is 14. The van der Waals surface area contributed by atoms with E-state index in [4.69, 9.17) is 11.5 Å². The van der Waals surface area contributed by atoms with Crippen molar-refractivity contribution in [2.45, 2.75) is 193 Å². The summed E-state index contributed by atoms with van der Waals surface area (Å²) in [6.45, 7) is 15.4. The molecule has 1 aromatic carbocycles. The molecule has 0 spiro atoms. The van der Waals surface area contributed by atoms with Crippen molar-refractivity contribution >= 4 is 93.7 Å². The van der Waals surface area contributed by atoms with Crippen molar-refractivity contribution in [3.8, 4) is 0 Å². The number of hydrogen-bond acceptors (Lipinski definition) is 17. The van der Waals surface area contributed by atoms with Crippen LogP contribution in [0.25, 0.3) is 10.9 Å². The number of aliphatic hydroxyl groups excluding tert-OH is 2. The van der Waals surface area contributed by atoms with Crippen molar-refractivity contribution < 1.29 is 87.5 Å². The maximum Gasteiger partial charge on any atom is 0.326 e. The van der Waals surface area contributed by atoms with Crippen molar-refractivity contribution in [1.82, 2.24) is 63.5 Å². The number of amides is 12. The molecular formula is C56H88N14O18. The van der Waals surface area contributed by atoms with Crippen LogP contribution in [-0.4, -0.2) is 193 Å². The average molecular weight is 1250 g/mol. The first-order valence-electron chi connectivity index (χ1n) is 28.6. The van der Waals surface area contributed by atoms with Crippen LogP contribution in [0.1, 0.15) is 114 Å². The molecule has 0 aliphatic rings. The van der Waals surface area contributed by atoms with E-state index in [-0.39, 0.29) is 31.1 Å². The van der Waals surface area contributed by atoms with Crippen LogP contribution in [0.15, 0.2) is 30.5 Å². The fourth-order valence-electron chi connectivity index (χ4n) is 8.71. The molecule has 0 unspecified atom stereocenters. The fourth-order valence-corrected chi connectivity index (χ4v) is 8.71. The largest absolute Gasteiger partial charge is 0.481 e. The molecule has 20 N–H and O–H groups in total. The molecule has 0 aliphatic heterocycles. The van der Waals surface area contributed by atoms with Crippen LogP contribution in [0, 0.1) is 17.8 Å². The zero-order valence-electron chi connectivity index (χ0n) is 51.2. The number of aromatic nitrogens is 1. The van der Waals surface area contributed by atoms with Gasteiger partial charge in [-0.25, -0.2) is 4.79 Å². The molecule has 1 aromatic heterocycles. The van der Waals surface area contributed by atoms with Gasteiger partial charge in [0.1, 0.15) is 66.5 Å². The molecule has 2 aromatic rings. The Morgan fingerprint density at radius 2 is 0.886 bits per heavy atom. The Morgan fingerprint density at radius 1 is 0.477 bits per heavy atom. The SMILES string of the molecule is CC(C)C[C@@H](NC(=O)[C@@H](CCC(=O)O)NC(=O)[C@H](NC(=O)[C@@H](C)NC(=O)[C@H](NC(=O)[C@@H](CC(N)=O)NC(=O)[C@@H](CC(C)C)NC(=O)[C@@H](C)NC(=O)[C@@H](Cc1c[nH]c2ccccc12)NC(=O)[C@H](NC(=O)[C@@H](C)NC(=O)CN)[C@H](C)O)C(C)C)[C@H](C)O)C(=O)O. The maximum atomic E-state index is 14.2. The Kier molecular flexibility index (Phi) is 30.6. The summed E-state index contributed by atoms with van der Waals surface area (Å²) in [5, 5.41) is 67.0. The smallest absolute Gasteiger partial charge is 0.326 e. The quantitative estimate of drug-likeness (QED) is 0.0303. The Morgan fingerprint density at radius 3 is 1.38 bits per heavy atom. The minimum atomic E-state index is -1.83. The van der Waals surface area contributed by atoms with Crippen LogP contribution >= 0.6 is 0 Å². The van der Waals surface area contributed by atoms with Gasteiger partial charge in [0.2, 0.25) is 70.9 Å². The summed E-state index contributed by atoms with van der Waals surface area (Å²) in [6.07, 6.45) is -3.88. The van der Waals surface area contributed by atoms with Crippen molar-refractivity contribution in [2.75, 3.05) is 6.54 Å². The van der Waals surface area contributed by atoms with E-state index in [2.05, 4.69) is 63.5 Å². The summed E-state index contributed by atoms with van der Waals surface area (Å²) >= 11 is 0. The number of carboxylic acid groups (broad SMARTS) is 2. The van der Waals surface area contributed by atoms with E-state index in [1.165, 1.54) is 41.5 Å². The van der Waals surface area contributed by atoms with E-state index in [0.717, 1.165) is 6.92 Å². The lowest BCUT2D eigenvalue weighted by molar-refractivity contribution is -0.143.